The molecule has 1 unspecified atom stereocenters. The lowest BCUT2D eigenvalue weighted by Crippen LogP contribution is -2.35. The molecule has 0 bridgehead atoms. The third kappa shape index (κ3) is 26.7. The lowest BCUT2D eigenvalue weighted by atomic mass is 9.77. The average Bonchev–Trinajstić information content (AvgIpc) is 3.71. The predicted molar refractivity (Wildman–Crippen MR) is 175 cm³/mol. The van der Waals surface area contributed by atoms with Crippen LogP contribution in [-0.4, -0.2) is 18.0 Å². The van der Waals surface area contributed by atoms with Crippen molar-refractivity contribution in [3.63, 3.8) is 0 Å². The maximum absolute atomic E-state index is 12.8. The first kappa shape index (κ1) is 45.6. The molecular formula is C37H71F7. The van der Waals surface area contributed by atoms with Crippen molar-refractivity contribution in [3.05, 3.63) is 0 Å². The van der Waals surface area contributed by atoms with E-state index in [-0.39, 0.29) is 31.6 Å². The fourth-order valence-electron chi connectivity index (χ4n) is 5.38. The molecule has 7 heteroatoms. The second-order valence-corrected chi connectivity index (χ2v) is 16.5. The first-order chi connectivity index (χ1) is 19.7. The van der Waals surface area contributed by atoms with Gasteiger partial charge in [-0.2, -0.15) is 13.2 Å². The Labute approximate surface area is 268 Å². The second kappa shape index (κ2) is 20.7. The molecule has 0 nitrogen and oxygen atoms in total. The molecule has 0 aromatic rings. The summed E-state index contributed by atoms with van der Waals surface area (Å²) in [5.41, 5.74) is 0.772. The van der Waals surface area contributed by atoms with Gasteiger partial charge in [0, 0.05) is 25.2 Å². The summed E-state index contributed by atoms with van der Waals surface area (Å²) in [5, 5.41) is 0. The molecule has 44 heavy (non-hydrogen) atoms. The van der Waals surface area contributed by atoms with Crippen LogP contribution < -0.4 is 0 Å². The maximum atomic E-state index is 12.8. The SMILES string of the molecule is CC(C)C(F)(F)CC1CC1.CC(C)CC(C)C(F)(F)F.CC(C)CC1(C)CC1.CC(C)CC1CC(F)(F)C1.CCCC(C)C. The van der Waals surface area contributed by atoms with Crippen LogP contribution in [0.5, 0.6) is 0 Å². The average molecular weight is 649 g/mol. The van der Waals surface area contributed by atoms with Gasteiger partial charge in [-0.15, -0.1) is 0 Å². The molecule has 0 radical (unpaired) electrons. The van der Waals surface area contributed by atoms with Gasteiger partial charge >= 0.3 is 6.18 Å². The van der Waals surface area contributed by atoms with Gasteiger partial charge in [-0.1, -0.05) is 103 Å². The predicted octanol–water partition coefficient (Wildman–Crippen LogP) is 14.7. The standard InChI is InChI=1S/2C8H14F2.C8H16.C7H13F3.C6H14/c1-6(2)3-7-4-8(9,10)5-7;1-6(2)8(9,10)5-7-3-4-7;1-7(2)6-8(3)4-5-8;1-5(2)4-6(3)7(8,9)10;1-4-5-6(2)3/h2*6-7H,3-5H2,1-2H3;7H,4-6H2,1-3H3;5-6H,4H2,1-3H3;6H,4-5H2,1-3H3. The Morgan fingerprint density at radius 1 is 0.682 bits per heavy atom. The summed E-state index contributed by atoms with van der Waals surface area (Å²) < 4.78 is 85.6. The Hall–Kier alpha value is -0.490. The smallest absolute Gasteiger partial charge is 0.207 e. The minimum absolute atomic E-state index is 0.116. The molecule has 0 heterocycles. The van der Waals surface area contributed by atoms with Crippen LogP contribution in [0.15, 0.2) is 0 Å². The number of alkyl halides is 7. The van der Waals surface area contributed by atoms with E-state index >= 15 is 0 Å². The monoisotopic (exact) mass is 649 g/mol. The summed E-state index contributed by atoms with van der Waals surface area (Å²) in [6, 6.07) is 0. The molecule has 3 rings (SSSR count). The summed E-state index contributed by atoms with van der Waals surface area (Å²) in [6.45, 7) is 25.9. The molecule has 0 N–H and O–H groups in total. The van der Waals surface area contributed by atoms with Gasteiger partial charge in [0.25, 0.3) is 5.92 Å². The lowest BCUT2D eigenvalue weighted by molar-refractivity contribution is -0.173. The van der Waals surface area contributed by atoms with E-state index in [0.717, 1.165) is 36.5 Å². The van der Waals surface area contributed by atoms with Gasteiger partial charge in [0.1, 0.15) is 0 Å². The highest BCUT2D eigenvalue weighted by Gasteiger charge is 2.45. The Morgan fingerprint density at radius 3 is 1.34 bits per heavy atom. The van der Waals surface area contributed by atoms with E-state index in [1.54, 1.807) is 27.7 Å². The summed E-state index contributed by atoms with van der Waals surface area (Å²) in [7, 11) is 0. The van der Waals surface area contributed by atoms with Crippen LogP contribution in [-0.2, 0) is 0 Å². The molecule has 3 aliphatic carbocycles. The fraction of sp³-hybridized carbons (Fsp3) is 1.00. The van der Waals surface area contributed by atoms with Crippen molar-refractivity contribution >= 4 is 0 Å². The van der Waals surface area contributed by atoms with Crippen molar-refractivity contribution in [2.24, 2.45) is 52.8 Å². The molecule has 0 aromatic carbocycles. The number of hydrogen-bond donors (Lipinski definition) is 0. The highest BCUT2D eigenvalue weighted by atomic mass is 19.4. The molecule has 0 saturated heterocycles. The van der Waals surface area contributed by atoms with Crippen LogP contribution in [0, 0.1) is 52.8 Å². The normalized spacial score (nSPS) is 19.6. The van der Waals surface area contributed by atoms with E-state index in [0.29, 0.717) is 17.8 Å². The lowest BCUT2D eigenvalue weighted by Gasteiger charge is -2.35. The van der Waals surface area contributed by atoms with Crippen LogP contribution >= 0.6 is 0 Å². The summed E-state index contributed by atoms with van der Waals surface area (Å²) in [5.74, 6) is -3.26. The number of hydrogen-bond acceptors (Lipinski definition) is 0. The molecule has 3 aliphatic rings. The van der Waals surface area contributed by atoms with Gasteiger partial charge in [0.15, 0.2) is 0 Å². The first-order valence-electron chi connectivity index (χ1n) is 17.6. The third-order valence-electron chi connectivity index (χ3n) is 8.34. The molecule has 0 aliphatic heterocycles. The fourth-order valence-corrected chi connectivity index (χ4v) is 5.38. The second-order valence-electron chi connectivity index (χ2n) is 16.5. The molecular weight excluding hydrogens is 577 g/mol. The zero-order chi connectivity index (χ0) is 35.1. The minimum Gasteiger partial charge on any atom is -0.207 e. The quantitative estimate of drug-likeness (QED) is 0.196. The summed E-state index contributed by atoms with van der Waals surface area (Å²) in [4.78, 5) is 0. The molecule has 0 amide bonds. The van der Waals surface area contributed by atoms with Gasteiger partial charge in [0.2, 0.25) is 5.92 Å². The van der Waals surface area contributed by atoms with E-state index in [2.05, 4.69) is 55.4 Å². The number of rotatable bonds is 11. The largest absolute Gasteiger partial charge is 0.391 e. The van der Waals surface area contributed by atoms with Crippen molar-refractivity contribution < 1.29 is 30.7 Å². The molecule has 3 fully saturated rings. The van der Waals surface area contributed by atoms with Crippen molar-refractivity contribution in [1.82, 2.24) is 0 Å². The highest BCUT2D eigenvalue weighted by Crippen LogP contribution is 2.49. The minimum atomic E-state index is -4.01. The first-order valence-corrected chi connectivity index (χ1v) is 17.6. The van der Waals surface area contributed by atoms with Crippen LogP contribution in [0.3, 0.4) is 0 Å². The van der Waals surface area contributed by atoms with Crippen LogP contribution in [0.1, 0.15) is 167 Å². The zero-order valence-electron chi connectivity index (χ0n) is 30.7. The highest BCUT2D eigenvalue weighted by molar-refractivity contribution is 4.88. The van der Waals surface area contributed by atoms with Gasteiger partial charge < -0.3 is 0 Å². The third-order valence-corrected chi connectivity index (χ3v) is 8.34. The molecule has 0 aromatic heterocycles. The van der Waals surface area contributed by atoms with Crippen LogP contribution in [0.4, 0.5) is 30.7 Å². The van der Waals surface area contributed by atoms with Crippen molar-refractivity contribution in [2.75, 3.05) is 0 Å². The van der Waals surface area contributed by atoms with E-state index in [4.69, 9.17) is 0 Å². The van der Waals surface area contributed by atoms with Gasteiger partial charge in [-0.25, -0.2) is 17.6 Å². The Kier molecular flexibility index (Phi) is 21.5. The molecule has 1 atom stereocenters. The van der Waals surface area contributed by atoms with Gasteiger partial charge in [0.05, 0.1) is 5.92 Å². The van der Waals surface area contributed by atoms with Crippen molar-refractivity contribution in [1.29, 1.82) is 0 Å². The summed E-state index contributed by atoms with van der Waals surface area (Å²) >= 11 is 0. The Morgan fingerprint density at radius 2 is 1.16 bits per heavy atom. The topological polar surface area (TPSA) is 0 Å². The van der Waals surface area contributed by atoms with Gasteiger partial charge in [-0.3, -0.25) is 0 Å². The maximum Gasteiger partial charge on any atom is 0.391 e. The van der Waals surface area contributed by atoms with E-state index < -0.39 is 29.9 Å². The number of halogens is 7. The Balaban J connectivity index is 0. The van der Waals surface area contributed by atoms with E-state index in [1.807, 2.05) is 0 Å². The van der Waals surface area contributed by atoms with Gasteiger partial charge in [-0.05, 0) is 85.9 Å². The van der Waals surface area contributed by atoms with E-state index in [9.17, 15) is 30.7 Å². The van der Waals surface area contributed by atoms with Crippen molar-refractivity contribution in [2.45, 2.75) is 185 Å². The summed E-state index contributed by atoms with van der Waals surface area (Å²) in [6.07, 6.45) is 6.69. The van der Waals surface area contributed by atoms with Crippen molar-refractivity contribution in [3.8, 4) is 0 Å². The van der Waals surface area contributed by atoms with E-state index in [1.165, 1.54) is 39.0 Å². The molecule has 3 saturated carbocycles. The molecule has 268 valence electrons. The Bertz CT molecular complexity index is 688. The van der Waals surface area contributed by atoms with Crippen LogP contribution in [0.2, 0.25) is 0 Å². The zero-order valence-corrected chi connectivity index (χ0v) is 30.7. The molecule has 0 spiro atoms. The van der Waals surface area contributed by atoms with Crippen LogP contribution in [0.25, 0.3) is 0 Å².